The Morgan fingerprint density at radius 1 is 1.12 bits per heavy atom. The molecule has 0 atom stereocenters. The summed E-state index contributed by atoms with van der Waals surface area (Å²) in [6.45, 7) is -0.0475. The van der Waals surface area contributed by atoms with Gasteiger partial charge < -0.3 is 15.6 Å². The van der Waals surface area contributed by atoms with E-state index in [1.807, 2.05) is 0 Å². The molecule has 2 amide bonds. The van der Waals surface area contributed by atoms with Crippen LogP contribution in [0.3, 0.4) is 0 Å². The molecule has 3 rings (SSSR count). The molecular formula is C17H13F3N4O2. The number of nitrogens with zero attached hydrogens (tertiary/aromatic N) is 1. The molecule has 0 aliphatic heterocycles. The molecule has 0 spiro atoms. The highest BCUT2D eigenvalue weighted by molar-refractivity contribution is 5.98. The van der Waals surface area contributed by atoms with Crippen molar-refractivity contribution >= 4 is 28.5 Å². The van der Waals surface area contributed by atoms with Crippen LogP contribution in [0.15, 0.2) is 48.8 Å². The lowest BCUT2D eigenvalue weighted by molar-refractivity contribution is -0.167. The number of halogens is 3. The fourth-order valence-corrected chi connectivity index (χ4v) is 2.34. The lowest BCUT2D eigenvalue weighted by atomic mass is 10.1. The molecule has 3 aromatic rings. The highest BCUT2D eigenvalue weighted by Gasteiger charge is 2.38. The minimum atomic E-state index is -4.99. The summed E-state index contributed by atoms with van der Waals surface area (Å²) >= 11 is 0. The van der Waals surface area contributed by atoms with E-state index in [9.17, 15) is 22.8 Å². The Hall–Kier alpha value is -3.36. The number of benzene rings is 2. The molecule has 6 nitrogen and oxygen atoms in total. The second kappa shape index (κ2) is 6.87. The number of hydrogen-bond acceptors (Lipinski definition) is 3. The fraction of sp³-hybridized carbons (Fsp3) is 0.118. The third-order valence-electron chi connectivity index (χ3n) is 3.64. The molecule has 0 aliphatic carbocycles. The largest absolute Gasteiger partial charge is 0.471 e. The van der Waals surface area contributed by atoms with E-state index in [2.05, 4.69) is 15.3 Å². The predicted octanol–water partition coefficient (Wildman–Crippen LogP) is 2.99. The van der Waals surface area contributed by atoms with Gasteiger partial charge in [0.15, 0.2) is 0 Å². The third kappa shape index (κ3) is 3.82. The minimum Gasteiger partial charge on any atom is -0.348 e. The summed E-state index contributed by atoms with van der Waals surface area (Å²) in [5.41, 5.74) is 2.11. The van der Waals surface area contributed by atoms with Gasteiger partial charge in [-0.3, -0.25) is 9.59 Å². The molecule has 0 bridgehead atoms. The van der Waals surface area contributed by atoms with Gasteiger partial charge >= 0.3 is 12.1 Å². The first kappa shape index (κ1) is 17.5. The van der Waals surface area contributed by atoms with E-state index in [-0.39, 0.29) is 12.2 Å². The van der Waals surface area contributed by atoms with Crippen LogP contribution in [-0.2, 0) is 11.3 Å². The SMILES string of the molecule is O=C(NCc1ccccc1NC(=O)C(F)(F)F)c1ccc2nc[nH]c2c1. The lowest BCUT2D eigenvalue weighted by Gasteiger charge is -2.13. The minimum absolute atomic E-state index is 0.0147. The maximum atomic E-state index is 12.4. The monoisotopic (exact) mass is 362 g/mol. The molecule has 134 valence electrons. The van der Waals surface area contributed by atoms with Gasteiger partial charge in [-0.2, -0.15) is 13.2 Å². The number of H-pyrrole nitrogens is 1. The van der Waals surface area contributed by atoms with Gasteiger partial charge in [-0.05, 0) is 29.8 Å². The zero-order chi connectivity index (χ0) is 18.7. The normalized spacial score (nSPS) is 11.3. The van der Waals surface area contributed by atoms with Gasteiger partial charge in [0.2, 0.25) is 0 Å². The van der Waals surface area contributed by atoms with Gasteiger partial charge in [-0.25, -0.2) is 4.98 Å². The standard InChI is InChI=1S/C17H13F3N4O2/c18-17(19,20)16(26)24-12-4-2-1-3-11(12)8-21-15(25)10-5-6-13-14(7-10)23-9-22-13/h1-7,9H,8H2,(H,21,25)(H,22,23)(H,24,26). The average molecular weight is 362 g/mol. The van der Waals surface area contributed by atoms with Crippen molar-refractivity contribution in [2.24, 2.45) is 0 Å². The number of hydrogen-bond donors (Lipinski definition) is 3. The summed E-state index contributed by atoms with van der Waals surface area (Å²) in [5, 5.41) is 4.42. The molecule has 0 saturated carbocycles. The first-order chi connectivity index (χ1) is 12.3. The molecule has 1 aromatic heterocycles. The van der Waals surface area contributed by atoms with E-state index >= 15 is 0 Å². The van der Waals surface area contributed by atoms with Crippen LogP contribution in [0.25, 0.3) is 11.0 Å². The van der Waals surface area contributed by atoms with Gasteiger partial charge in [-0.1, -0.05) is 18.2 Å². The first-order valence-corrected chi connectivity index (χ1v) is 7.52. The van der Waals surface area contributed by atoms with E-state index in [4.69, 9.17) is 0 Å². The number of aromatic nitrogens is 2. The van der Waals surface area contributed by atoms with Crippen LogP contribution in [0.5, 0.6) is 0 Å². The molecular weight excluding hydrogens is 349 g/mol. The van der Waals surface area contributed by atoms with Crippen molar-refractivity contribution in [1.82, 2.24) is 15.3 Å². The zero-order valence-corrected chi connectivity index (χ0v) is 13.2. The summed E-state index contributed by atoms with van der Waals surface area (Å²) < 4.78 is 37.2. The average Bonchev–Trinajstić information content (AvgIpc) is 3.07. The van der Waals surface area contributed by atoms with Gasteiger partial charge in [0.05, 0.1) is 17.4 Å². The second-order valence-electron chi connectivity index (χ2n) is 5.43. The quantitative estimate of drug-likeness (QED) is 0.667. The lowest BCUT2D eigenvalue weighted by Crippen LogP contribution is -2.31. The van der Waals surface area contributed by atoms with E-state index in [0.717, 1.165) is 0 Å². The summed E-state index contributed by atoms with van der Waals surface area (Å²) in [6, 6.07) is 10.8. The number of para-hydroxylation sites is 1. The number of nitrogens with one attached hydrogen (secondary N) is 3. The van der Waals surface area contributed by atoms with E-state index in [0.29, 0.717) is 22.2 Å². The van der Waals surface area contributed by atoms with Crippen LogP contribution in [0.1, 0.15) is 15.9 Å². The fourth-order valence-electron chi connectivity index (χ4n) is 2.34. The number of carbonyl (C=O) groups excluding carboxylic acids is 2. The first-order valence-electron chi connectivity index (χ1n) is 7.52. The molecule has 0 radical (unpaired) electrons. The number of rotatable bonds is 4. The van der Waals surface area contributed by atoms with Crippen LogP contribution < -0.4 is 10.6 Å². The van der Waals surface area contributed by atoms with E-state index in [1.54, 1.807) is 29.6 Å². The van der Waals surface area contributed by atoms with Crippen molar-refractivity contribution in [3.8, 4) is 0 Å². The van der Waals surface area contributed by atoms with Crippen LogP contribution in [0.4, 0.5) is 18.9 Å². The molecule has 1 heterocycles. The molecule has 3 N–H and O–H groups in total. The topological polar surface area (TPSA) is 86.9 Å². The molecule has 0 unspecified atom stereocenters. The summed E-state index contributed by atoms with van der Waals surface area (Å²) in [7, 11) is 0. The maximum Gasteiger partial charge on any atom is 0.471 e. The van der Waals surface area contributed by atoms with Crippen molar-refractivity contribution in [2.75, 3.05) is 5.32 Å². The van der Waals surface area contributed by atoms with Crippen LogP contribution >= 0.6 is 0 Å². The Labute approximate surface area is 145 Å². The summed E-state index contributed by atoms with van der Waals surface area (Å²) in [6.07, 6.45) is -3.48. The van der Waals surface area contributed by atoms with Gasteiger partial charge in [-0.15, -0.1) is 0 Å². The Balaban J connectivity index is 1.71. The van der Waals surface area contributed by atoms with Gasteiger partial charge in [0.25, 0.3) is 5.91 Å². The number of imidazole rings is 1. The Kier molecular flexibility index (Phi) is 4.61. The van der Waals surface area contributed by atoms with Crippen molar-refractivity contribution in [1.29, 1.82) is 0 Å². The van der Waals surface area contributed by atoms with Crippen LogP contribution in [0.2, 0.25) is 0 Å². The molecule has 2 aromatic carbocycles. The third-order valence-corrected chi connectivity index (χ3v) is 3.64. The number of amides is 2. The highest BCUT2D eigenvalue weighted by atomic mass is 19.4. The molecule has 0 fully saturated rings. The number of carbonyl (C=O) groups is 2. The summed E-state index contributed by atoms with van der Waals surface area (Å²) in [4.78, 5) is 30.3. The van der Waals surface area contributed by atoms with Crippen LogP contribution in [0, 0.1) is 0 Å². The van der Waals surface area contributed by atoms with E-state index < -0.39 is 18.0 Å². The number of fused-ring (bicyclic) bond motifs is 1. The van der Waals surface area contributed by atoms with Gasteiger partial charge in [0, 0.05) is 17.8 Å². The second-order valence-corrected chi connectivity index (χ2v) is 5.43. The highest BCUT2D eigenvalue weighted by Crippen LogP contribution is 2.21. The smallest absolute Gasteiger partial charge is 0.348 e. The predicted molar refractivity (Wildman–Crippen MR) is 88.4 cm³/mol. The van der Waals surface area contributed by atoms with Crippen molar-refractivity contribution in [2.45, 2.75) is 12.7 Å². The van der Waals surface area contributed by atoms with E-state index in [1.165, 1.54) is 24.5 Å². The molecule has 26 heavy (non-hydrogen) atoms. The summed E-state index contributed by atoms with van der Waals surface area (Å²) in [5.74, 6) is -2.47. The number of alkyl halides is 3. The number of aromatic amines is 1. The Morgan fingerprint density at radius 3 is 2.65 bits per heavy atom. The van der Waals surface area contributed by atoms with Crippen LogP contribution in [-0.4, -0.2) is 28.0 Å². The van der Waals surface area contributed by atoms with Crippen molar-refractivity contribution < 1.29 is 22.8 Å². The molecule has 0 saturated heterocycles. The number of anilines is 1. The molecule has 0 aliphatic rings. The Bertz CT molecular complexity index is 966. The van der Waals surface area contributed by atoms with Crippen molar-refractivity contribution in [3.05, 3.63) is 59.9 Å². The van der Waals surface area contributed by atoms with Gasteiger partial charge in [0.1, 0.15) is 0 Å². The molecule has 9 heteroatoms. The zero-order valence-electron chi connectivity index (χ0n) is 13.2. The van der Waals surface area contributed by atoms with Crippen molar-refractivity contribution in [3.63, 3.8) is 0 Å². The Morgan fingerprint density at radius 2 is 1.88 bits per heavy atom. The maximum absolute atomic E-state index is 12.4.